The second-order valence-corrected chi connectivity index (χ2v) is 5.79. The quantitative estimate of drug-likeness (QED) is 0.559. The van der Waals surface area contributed by atoms with Gasteiger partial charge in [0.1, 0.15) is 11.5 Å². The molecule has 0 aliphatic heterocycles. The van der Waals surface area contributed by atoms with Crippen LogP contribution in [0.15, 0.2) is 42.0 Å². The third kappa shape index (κ3) is 4.32. The normalized spacial score (nSPS) is 10.8. The van der Waals surface area contributed by atoms with Crippen LogP contribution in [0.3, 0.4) is 0 Å². The summed E-state index contributed by atoms with van der Waals surface area (Å²) in [6.07, 6.45) is 5.97. The molecule has 3 N–H and O–H groups in total. The molecule has 4 nitrogen and oxygen atoms in total. The first-order chi connectivity index (χ1) is 11.4. The molecule has 2 aromatic rings. The van der Waals surface area contributed by atoms with Crippen molar-refractivity contribution in [2.75, 3.05) is 7.11 Å². The molecule has 0 bridgehead atoms. The summed E-state index contributed by atoms with van der Waals surface area (Å²) >= 11 is 0. The molecular weight excluding hydrogens is 304 g/mol. The molecule has 0 saturated carbocycles. The van der Waals surface area contributed by atoms with Crippen LogP contribution in [0.5, 0.6) is 23.0 Å². The monoisotopic (exact) mass is 326 g/mol. The van der Waals surface area contributed by atoms with Gasteiger partial charge in [-0.15, -0.1) is 0 Å². The molecule has 2 aromatic carbocycles. The lowest BCUT2D eigenvalue weighted by molar-refractivity contribution is 0.373. The van der Waals surface area contributed by atoms with E-state index in [1.54, 1.807) is 42.5 Å². The minimum Gasteiger partial charge on any atom is -0.507 e. The molecule has 0 spiro atoms. The Morgan fingerprint density at radius 3 is 2.04 bits per heavy atom. The molecule has 0 atom stereocenters. The Morgan fingerprint density at radius 2 is 1.50 bits per heavy atom. The molecule has 126 valence electrons. The molecule has 4 heteroatoms. The number of hydrogen-bond donors (Lipinski definition) is 3. The van der Waals surface area contributed by atoms with Crippen molar-refractivity contribution in [1.82, 2.24) is 0 Å². The second-order valence-electron chi connectivity index (χ2n) is 5.79. The van der Waals surface area contributed by atoms with Crippen molar-refractivity contribution >= 4 is 12.2 Å². The van der Waals surface area contributed by atoms with Crippen LogP contribution in [0, 0.1) is 0 Å². The number of methoxy groups -OCH3 is 1. The first kappa shape index (κ1) is 17.5. The molecule has 0 aromatic heterocycles. The average molecular weight is 326 g/mol. The van der Waals surface area contributed by atoms with E-state index in [0.717, 1.165) is 11.1 Å². The predicted octanol–water partition coefficient (Wildman–Crippen LogP) is 4.49. The molecular formula is C20H22O4. The van der Waals surface area contributed by atoms with Crippen molar-refractivity contribution in [3.05, 3.63) is 58.7 Å². The first-order valence-electron chi connectivity index (χ1n) is 7.64. The number of hydrogen-bond acceptors (Lipinski definition) is 4. The summed E-state index contributed by atoms with van der Waals surface area (Å²) in [5.74, 6) is 0.586. The molecule has 0 heterocycles. The van der Waals surface area contributed by atoms with Gasteiger partial charge >= 0.3 is 0 Å². The molecule has 0 aliphatic rings. The Bertz CT molecular complexity index is 761. The topological polar surface area (TPSA) is 69.9 Å². The van der Waals surface area contributed by atoms with Crippen LogP contribution in [0.25, 0.3) is 12.2 Å². The van der Waals surface area contributed by atoms with Gasteiger partial charge in [-0.25, -0.2) is 0 Å². The van der Waals surface area contributed by atoms with E-state index in [-0.39, 0.29) is 17.2 Å². The highest BCUT2D eigenvalue weighted by Gasteiger charge is 2.08. The van der Waals surface area contributed by atoms with Crippen molar-refractivity contribution in [3.8, 4) is 23.0 Å². The average Bonchev–Trinajstić information content (AvgIpc) is 2.52. The largest absolute Gasteiger partial charge is 0.507 e. The van der Waals surface area contributed by atoms with Gasteiger partial charge in [-0.1, -0.05) is 29.9 Å². The van der Waals surface area contributed by atoms with Crippen molar-refractivity contribution in [2.24, 2.45) is 0 Å². The summed E-state index contributed by atoms with van der Waals surface area (Å²) in [5, 5.41) is 30.0. The number of phenolic OH excluding ortho intramolecular Hbond substituents is 3. The van der Waals surface area contributed by atoms with Gasteiger partial charge in [0.15, 0.2) is 11.5 Å². The number of ether oxygens (including phenoxy) is 1. The Kier molecular flexibility index (Phi) is 5.53. The number of rotatable bonds is 5. The summed E-state index contributed by atoms with van der Waals surface area (Å²) < 4.78 is 5.00. The van der Waals surface area contributed by atoms with Gasteiger partial charge in [-0.05, 0) is 55.7 Å². The van der Waals surface area contributed by atoms with Gasteiger partial charge in [-0.2, -0.15) is 0 Å². The zero-order chi connectivity index (χ0) is 17.7. The fourth-order valence-corrected chi connectivity index (χ4v) is 2.28. The summed E-state index contributed by atoms with van der Waals surface area (Å²) in [4.78, 5) is 0. The fourth-order valence-electron chi connectivity index (χ4n) is 2.28. The van der Waals surface area contributed by atoms with Crippen molar-refractivity contribution < 1.29 is 20.1 Å². The Labute approximate surface area is 142 Å². The number of aromatic hydroxyl groups is 3. The van der Waals surface area contributed by atoms with Gasteiger partial charge in [0.05, 0.1) is 7.11 Å². The molecule has 0 unspecified atom stereocenters. The predicted molar refractivity (Wildman–Crippen MR) is 96.5 cm³/mol. The summed E-state index contributed by atoms with van der Waals surface area (Å²) in [5.41, 5.74) is 3.08. The Morgan fingerprint density at radius 1 is 0.917 bits per heavy atom. The zero-order valence-corrected chi connectivity index (χ0v) is 14.1. The van der Waals surface area contributed by atoms with Crippen LogP contribution in [0.1, 0.15) is 30.5 Å². The van der Waals surface area contributed by atoms with Crippen LogP contribution in [0.2, 0.25) is 0 Å². The Hall–Kier alpha value is -2.88. The van der Waals surface area contributed by atoms with E-state index in [1.807, 2.05) is 19.9 Å². The SMILES string of the molecule is COc1ccc(C=Cc2cc(O)c(CC=C(C)C)c(O)c2)cc1O. The van der Waals surface area contributed by atoms with E-state index in [9.17, 15) is 15.3 Å². The van der Waals surface area contributed by atoms with Gasteiger partial charge in [0, 0.05) is 5.56 Å². The highest BCUT2D eigenvalue weighted by molar-refractivity contribution is 5.72. The highest BCUT2D eigenvalue weighted by atomic mass is 16.5. The van der Waals surface area contributed by atoms with Crippen molar-refractivity contribution in [1.29, 1.82) is 0 Å². The second kappa shape index (κ2) is 7.59. The van der Waals surface area contributed by atoms with E-state index in [2.05, 4.69) is 0 Å². The number of allylic oxidation sites excluding steroid dienone is 2. The van der Waals surface area contributed by atoms with Crippen molar-refractivity contribution in [2.45, 2.75) is 20.3 Å². The maximum absolute atomic E-state index is 10.1. The Balaban J connectivity index is 2.24. The van der Waals surface area contributed by atoms with Gasteiger partial charge in [0.2, 0.25) is 0 Å². The van der Waals surface area contributed by atoms with Crippen molar-refractivity contribution in [3.63, 3.8) is 0 Å². The van der Waals surface area contributed by atoms with Crippen LogP contribution in [0.4, 0.5) is 0 Å². The lowest BCUT2D eigenvalue weighted by Crippen LogP contribution is -1.87. The van der Waals surface area contributed by atoms with Gasteiger partial charge in [0.25, 0.3) is 0 Å². The van der Waals surface area contributed by atoms with Crippen LogP contribution in [-0.4, -0.2) is 22.4 Å². The first-order valence-corrected chi connectivity index (χ1v) is 7.64. The molecule has 0 amide bonds. The van der Waals surface area contributed by atoms with E-state index >= 15 is 0 Å². The molecule has 0 radical (unpaired) electrons. The zero-order valence-electron chi connectivity index (χ0n) is 14.1. The smallest absolute Gasteiger partial charge is 0.160 e. The fraction of sp³-hybridized carbons (Fsp3) is 0.200. The highest BCUT2D eigenvalue weighted by Crippen LogP contribution is 2.31. The minimum absolute atomic E-state index is 0.0578. The third-order valence-electron chi connectivity index (χ3n) is 3.61. The number of benzene rings is 2. The third-order valence-corrected chi connectivity index (χ3v) is 3.61. The van der Waals surface area contributed by atoms with Crippen LogP contribution < -0.4 is 4.74 Å². The van der Waals surface area contributed by atoms with Gasteiger partial charge < -0.3 is 20.1 Å². The van der Waals surface area contributed by atoms with Crippen LogP contribution in [-0.2, 0) is 6.42 Å². The molecule has 0 fully saturated rings. The summed E-state index contributed by atoms with van der Waals surface area (Å²) in [6.45, 7) is 3.94. The molecule has 24 heavy (non-hydrogen) atoms. The molecule has 0 saturated heterocycles. The van der Waals surface area contributed by atoms with Crippen LogP contribution >= 0.6 is 0 Å². The van der Waals surface area contributed by atoms with E-state index in [1.165, 1.54) is 7.11 Å². The lowest BCUT2D eigenvalue weighted by atomic mass is 10.0. The standard InChI is InChI=1S/C20H22O4/c1-13(2)4-8-16-17(21)11-15(12-18(16)22)6-5-14-7-9-20(24-3)19(23)10-14/h4-7,9-12,21-23H,8H2,1-3H3. The molecule has 0 aliphatic carbocycles. The number of phenols is 3. The van der Waals surface area contributed by atoms with E-state index in [4.69, 9.17) is 4.74 Å². The summed E-state index contributed by atoms with van der Waals surface area (Å²) in [7, 11) is 1.49. The minimum atomic E-state index is 0.0578. The maximum atomic E-state index is 10.1. The summed E-state index contributed by atoms with van der Waals surface area (Å²) in [6, 6.07) is 8.27. The maximum Gasteiger partial charge on any atom is 0.160 e. The van der Waals surface area contributed by atoms with Gasteiger partial charge in [-0.3, -0.25) is 0 Å². The lowest BCUT2D eigenvalue weighted by Gasteiger charge is -2.07. The van der Waals surface area contributed by atoms with E-state index in [0.29, 0.717) is 23.3 Å². The van der Waals surface area contributed by atoms with E-state index < -0.39 is 0 Å². The molecule has 2 rings (SSSR count).